The van der Waals surface area contributed by atoms with Crippen LogP contribution in [0.4, 0.5) is 0 Å². The van der Waals surface area contributed by atoms with Gasteiger partial charge >= 0.3 is 0 Å². The summed E-state index contributed by atoms with van der Waals surface area (Å²) in [6, 6.07) is 13.9. The lowest BCUT2D eigenvalue weighted by Gasteiger charge is -2.10. The zero-order valence-corrected chi connectivity index (χ0v) is 16.7. The number of nitriles is 1. The molecule has 3 rings (SSSR count). The van der Waals surface area contributed by atoms with E-state index in [1.54, 1.807) is 25.6 Å². The second-order valence-electron chi connectivity index (χ2n) is 4.91. The van der Waals surface area contributed by atoms with Crippen LogP contribution in [0.2, 0.25) is 0 Å². The number of rotatable bonds is 5. The largest absolute Gasteiger partial charge is 0.493 e. The van der Waals surface area contributed by atoms with Crippen molar-refractivity contribution in [3.8, 4) is 17.6 Å². The smallest absolute Gasteiger partial charge is 0.174 e. The van der Waals surface area contributed by atoms with Crippen LogP contribution >= 0.6 is 39.0 Å². The summed E-state index contributed by atoms with van der Waals surface area (Å²) in [5.74, 6) is 1.22. The molecule has 0 atom stereocenters. The van der Waals surface area contributed by atoms with Gasteiger partial charge in [-0.05, 0) is 63.6 Å². The van der Waals surface area contributed by atoms with Crippen LogP contribution in [0.25, 0.3) is 16.3 Å². The van der Waals surface area contributed by atoms with Crippen LogP contribution in [0.5, 0.6) is 11.5 Å². The molecule has 0 amide bonds. The van der Waals surface area contributed by atoms with Crippen molar-refractivity contribution in [3.63, 3.8) is 0 Å². The topological polar surface area (TPSA) is 55.1 Å². The number of benzene rings is 2. The highest BCUT2D eigenvalue weighted by Gasteiger charge is 2.11. The Morgan fingerprint density at radius 2 is 2.08 bits per heavy atom. The number of fused-ring (bicyclic) bond motifs is 1. The average molecular weight is 433 g/mol. The lowest BCUT2D eigenvalue weighted by atomic mass is 10.2. The first-order valence-corrected chi connectivity index (χ1v) is 9.64. The average Bonchev–Trinajstić information content (AvgIpc) is 3.02. The van der Waals surface area contributed by atoms with Gasteiger partial charge in [-0.15, -0.1) is 11.3 Å². The van der Waals surface area contributed by atoms with E-state index in [0.29, 0.717) is 16.4 Å². The van der Waals surface area contributed by atoms with E-state index >= 15 is 0 Å². The summed E-state index contributed by atoms with van der Waals surface area (Å²) in [5, 5.41) is 9.49. The molecule has 0 aliphatic carbocycles. The Balaban J connectivity index is 1.92. The van der Waals surface area contributed by atoms with Gasteiger partial charge in [0, 0.05) is 0 Å². The molecule has 126 valence electrons. The van der Waals surface area contributed by atoms with E-state index in [0.717, 1.165) is 24.6 Å². The number of hydrogen-bond donors (Lipinski definition) is 0. The standard InChI is InChI=1S/C18H13BrN2O2S2/c1-22-15-9-11(8-13(19)17(15)23-2)7-12(10-20)24-18-21-14-5-3-4-6-16(14)25-18/h3-9H,1-2H3/b12-7+. The maximum Gasteiger partial charge on any atom is 0.174 e. The molecule has 0 radical (unpaired) electrons. The van der Waals surface area contributed by atoms with Crippen molar-refractivity contribution in [1.29, 1.82) is 5.26 Å². The van der Waals surface area contributed by atoms with Crippen molar-refractivity contribution >= 4 is 55.3 Å². The SMILES string of the molecule is COc1cc(/C=C(\C#N)Sc2nc3ccccc3s2)cc(Br)c1OC. The molecule has 4 nitrogen and oxygen atoms in total. The van der Waals surface area contributed by atoms with Crippen LogP contribution < -0.4 is 9.47 Å². The third-order valence-corrected chi connectivity index (χ3v) is 5.95. The third kappa shape index (κ3) is 3.98. The second-order valence-corrected chi connectivity index (χ2v) is 8.08. The Hall–Kier alpha value is -2.01. The van der Waals surface area contributed by atoms with Crippen molar-refractivity contribution in [1.82, 2.24) is 4.98 Å². The summed E-state index contributed by atoms with van der Waals surface area (Å²) in [7, 11) is 3.17. The molecule has 0 N–H and O–H groups in total. The molecule has 1 heterocycles. The lowest BCUT2D eigenvalue weighted by molar-refractivity contribution is 0.353. The van der Waals surface area contributed by atoms with E-state index in [4.69, 9.17) is 9.47 Å². The van der Waals surface area contributed by atoms with Crippen molar-refractivity contribution in [3.05, 3.63) is 51.3 Å². The number of thioether (sulfide) groups is 1. The van der Waals surface area contributed by atoms with Crippen LogP contribution in [-0.2, 0) is 0 Å². The minimum absolute atomic E-state index is 0.554. The number of nitrogens with zero attached hydrogens (tertiary/aromatic N) is 2. The lowest BCUT2D eigenvalue weighted by Crippen LogP contribution is -1.92. The molecular formula is C18H13BrN2O2S2. The first kappa shape index (κ1) is 17.8. The van der Waals surface area contributed by atoms with Gasteiger partial charge < -0.3 is 9.47 Å². The van der Waals surface area contributed by atoms with Gasteiger partial charge in [0.25, 0.3) is 0 Å². The molecule has 2 aromatic carbocycles. The molecule has 1 aromatic heterocycles. The predicted octanol–water partition coefficient (Wildman–Crippen LogP) is 5.73. The monoisotopic (exact) mass is 432 g/mol. The van der Waals surface area contributed by atoms with E-state index < -0.39 is 0 Å². The number of aromatic nitrogens is 1. The van der Waals surface area contributed by atoms with Crippen molar-refractivity contribution in [2.75, 3.05) is 14.2 Å². The maximum absolute atomic E-state index is 9.49. The number of halogens is 1. The van der Waals surface area contributed by atoms with Crippen molar-refractivity contribution < 1.29 is 9.47 Å². The summed E-state index contributed by atoms with van der Waals surface area (Å²) in [6.45, 7) is 0. The Bertz CT molecular complexity index is 959. The Morgan fingerprint density at radius 3 is 2.76 bits per heavy atom. The molecule has 0 aliphatic heterocycles. The number of allylic oxidation sites excluding steroid dienone is 1. The van der Waals surface area contributed by atoms with Crippen LogP contribution in [0.15, 0.2) is 50.1 Å². The fourth-order valence-corrected chi connectivity index (χ4v) is 4.84. The van der Waals surface area contributed by atoms with E-state index in [2.05, 4.69) is 27.0 Å². The van der Waals surface area contributed by atoms with Gasteiger partial charge in [-0.3, -0.25) is 0 Å². The third-order valence-electron chi connectivity index (χ3n) is 3.34. The molecule has 0 unspecified atom stereocenters. The summed E-state index contributed by atoms with van der Waals surface area (Å²) >= 11 is 6.40. The molecule has 0 saturated carbocycles. The molecule has 7 heteroatoms. The number of ether oxygens (including phenoxy) is 2. The van der Waals surface area contributed by atoms with Gasteiger partial charge in [0.2, 0.25) is 0 Å². The number of thiazole rings is 1. The van der Waals surface area contributed by atoms with Crippen LogP contribution in [0.3, 0.4) is 0 Å². The minimum atomic E-state index is 0.554. The first-order valence-electron chi connectivity index (χ1n) is 7.21. The Kier molecular flexibility index (Phi) is 5.63. The molecular weight excluding hydrogens is 420 g/mol. The highest BCUT2D eigenvalue weighted by atomic mass is 79.9. The zero-order chi connectivity index (χ0) is 17.8. The Morgan fingerprint density at radius 1 is 1.28 bits per heavy atom. The molecule has 0 bridgehead atoms. The highest BCUT2D eigenvalue weighted by Crippen LogP contribution is 2.38. The highest BCUT2D eigenvalue weighted by molar-refractivity contribution is 9.10. The van der Waals surface area contributed by atoms with E-state index in [9.17, 15) is 5.26 Å². The van der Waals surface area contributed by atoms with E-state index in [1.165, 1.54) is 11.8 Å². The van der Waals surface area contributed by atoms with Gasteiger partial charge in [0.15, 0.2) is 15.8 Å². The molecule has 3 aromatic rings. The van der Waals surface area contributed by atoms with Crippen LogP contribution in [-0.4, -0.2) is 19.2 Å². The molecule has 0 saturated heterocycles. The number of methoxy groups -OCH3 is 2. The van der Waals surface area contributed by atoms with E-state index in [1.807, 2.05) is 42.5 Å². The molecule has 0 fully saturated rings. The summed E-state index contributed by atoms with van der Waals surface area (Å²) < 4.78 is 13.4. The van der Waals surface area contributed by atoms with Crippen LogP contribution in [0, 0.1) is 11.3 Å². The second kappa shape index (κ2) is 7.91. The Labute approximate surface area is 162 Å². The molecule has 25 heavy (non-hydrogen) atoms. The van der Waals surface area contributed by atoms with Gasteiger partial charge in [0.05, 0.1) is 33.8 Å². The zero-order valence-electron chi connectivity index (χ0n) is 13.4. The van der Waals surface area contributed by atoms with Gasteiger partial charge in [-0.25, -0.2) is 4.98 Å². The normalized spacial score (nSPS) is 11.4. The van der Waals surface area contributed by atoms with Gasteiger partial charge in [0.1, 0.15) is 6.07 Å². The molecule has 0 spiro atoms. The summed E-state index contributed by atoms with van der Waals surface area (Å²) in [4.78, 5) is 5.11. The number of hydrogen-bond acceptors (Lipinski definition) is 6. The minimum Gasteiger partial charge on any atom is -0.493 e. The van der Waals surface area contributed by atoms with Crippen molar-refractivity contribution in [2.24, 2.45) is 0 Å². The first-order chi connectivity index (χ1) is 12.1. The molecule has 0 aliphatic rings. The number of para-hydroxylation sites is 1. The summed E-state index contributed by atoms with van der Waals surface area (Å²) in [5.41, 5.74) is 1.79. The quantitative estimate of drug-likeness (QED) is 0.380. The summed E-state index contributed by atoms with van der Waals surface area (Å²) in [6.07, 6.45) is 1.81. The van der Waals surface area contributed by atoms with Gasteiger partial charge in [-0.1, -0.05) is 12.1 Å². The van der Waals surface area contributed by atoms with Crippen molar-refractivity contribution in [2.45, 2.75) is 4.34 Å². The van der Waals surface area contributed by atoms with E-state index in [-0.39, 0.29) is 0 Å². The van der Waals surface area contributed by atoms with Gasteiger partial charge in [-0.2, -0.15) is 5.26 Å². The fraction of sp³-hybridized carbons (Fsp3) is 0.111. The predicted molar refractivity (Wildman–Crippen MR) is 106 cm³/mol. The maximum atomic E-state index is 9.49. The fourth-order valence-electron chi connectivity index (χ4n) is 2.25. The van der Waals surface area contributed by atoms with Crippen LogP contribution in [0.1, 0.15) is 5.56 Å².